The fourth-order valence-electron chi connectivity index (χ4n) is 5.06. The first-order valence-electron chi connectivity index (χ1n) is 10.6. The summed E-state index contributed by atoms with van der Waals surface area (Å²) in [6.45, 7) is 13.6. The van der Waals surface area contributed by atoms with Crippen molar-refractivity contribution in [3.63, 3.8) is 0 Å². The molecular weight excluding hydrogens is 358 g/mol. The number of nitrogens with zero attached hydrogens (tertiary/aromatic N) is 4. The number of hydrogen-bond acceptors (Lipinski definition) is 4. The molecule has 0 saturated heterocycles. The molecule has 3 aromatic rings. The molecule has 2 N–H and O–H groups in total. The predicted octanol–water partition coefficient (Wildman–Crippen LogP) is 5.07. The Morgan fingerprint density at radius 3 is 2.79 bits per heavy atom. The molecule has 1 saturated carbocycles. The van der Waals surface area contributed by atoms with Gasteiger partial charge < -0.3 is 10.7 Å². The highest BCUT2D eigenvalue weighted by atomic mass is 15.3. The molecule has 1 aliphatic carbocycles. The van der Waals surface area contributed by atoms with Crippen LogP contribution in [0.15, 0.2) is 48.9 Å². The van der Waals surface area contributed by atoms with Gasteiger partial charge >= 0.3 is 0 Å². The molecule has 2 aromatic heterocycles. The number of imidazole rings is 1. The summed E-state index contributed by atoms with van der Waals surface area (Å²) < 4.78 is 1.71. The fraction of sp³-hybridized carbons (Fsp3) is 0.417. The number of nitrogen functional groups attached to an aromatic ring is 1. The van der Waals surface area contributed by atoms with E-state index in [9.17, 15) is 0 Å². The summed E-state index contributed by atoms with van der Waals surface area (Å²) in [6.07, 6.45) is 7.41. The molecule has 5 rings (SSSR count). The van der Waals surface area contributed by atoms with Gasteiger partial charge in [0.05, 0.1) is 29.5 Å². The minimum atomic E-state index is 0.0414. The Kier molecular flexibility index (Phi) is 4.85. The van der Waals surface area contributed by atoms with Crippen molar-refractivity contribution in [2.24, 2.45) is 5.92 Å². The van der Waals surface area contributed by atoms with Crippen LogP contribution in [0.2, 0.25) is 0 Å². The van der Waals surface area contributed by atoms with Gasteiger partial charge in [0.2, 0.25) is 0 Å². The lowest BCUT2D eigenvalue weighted by Gasteiger charge is -2.29. The Morgan fingerprint density at radius 2 is 2.07 bits per heavy atom. The summed E-state index contributed by atoms with van der Waals surface area (Å²) >= 11 is 0. The van der Waals surface area contributed by atoms with Gasteiger partial charge in [0, 0.05) is 17.3 Å². The van der Waals surface area contributed by atoms with E-state index in [1.165, 1.54) is 17.5 Å². The molecule has 0 amide bonds. The summed E-state index contributed by atoms with van der Waals surface area (Å²) in [5.74, 6) is 7.94. The van der Waals surface area contributed by atoms with E-state index in [-0.39, 0.29) is 5.41 Å². The molecule has 5 nitrogen and oxygen atoms in total. The highest BCUT2D eigenvalue weighted by Crippen LogP contribution is 2.57. The molecule has 1 aromatic carbocycles. The van der Waals surface area contributed by atoms with Crippen LogP contribution < -0.4 is 10.7 Å². The molecule has 2 aliphatic rings. The molecule has 0 radical (unpaired) electrons. The first-order chi connectivity index (χ1) is 14.0. The van der Waals surface area contributed by atoms with E-state index in [1.807, 2.05) is 32.3 Å². The molecule has 0 bridgehead atoms. The molecule has 152 valence electrons. The van der Waals surface area contributed by atoms with Crippen molar-refractivity contribution < 1.29 is 0 Å². The van der Waals surface area contributed by atoms with E-state index in [1.54, 1.807) is 4.68 Å². The van der Waals surface area contributed by atoms with E-state index in [4.69, 9.17) is 10.8 Å². The van der Waals surface area contributed by atoms with Crippen molar-refractivity contribution >= 4 is 16.7 Å². The third-order valence-corrected chi connectivity index (χ3v) is 6.46. The van der Waals surface area contributed by atoms with Crippen LogP contribution in [0.5, 0.6) is 0 Å². The molecule has 1 fully saturated rings. The average molecular weight is 390 g/mol. The topological polar surface area (TPSA) is 60.0 Å². The number of aryl methyl sites for hydroxylation is 1. The first-order valence-corrected chi connectivity index (χ1v) is 10.6. The van der Waals surface area contributed by atoms with E-state index in [2.05, 4.69) is 48.5 Å². The van der Waals surface area contributed by atoms with Gasteiger partial charge in [-0.25, -0.2) is 9.66 Å². The SMILES string of the molecule is C=C1N(Cc2nc3cc(C)ccc3n2N)c2cnccc2C12CCC(C)C2.CC. The maximum absolute atomic E-state index is 6.38. The lowest BCUT2D eigenvalue weighted by Crippen LogP contribution is -2.29. The van der Waals surface area contributed by atoms with Crippen LogP contribution >= 0.6 is 0 Å². The monoisotopic (exact) mass is 389 g/mol. The van der Waals surface area contributed by atoms with Crippen LogP contribution in [-0.4, -0.2) is 14.6 Å². The standard InChI is InChI=1S/C22H25N5.C2H6/c1-14-4-5-19-18(10-14)25-21(27(19)23)13-26-16(3)22(8-6-15(2)11-22)17-7-9-24-12-20(17)26;1-2/h4-5,7,9-10,12,15H,3,6,8,11,13,23H2,1-2H3;1-2H3. The predicted molar refractivity (Wildman–Crippen MR) is 120 cm³/mol. The van der Waals surface area contributed by atoms with Crippen LogP contribution in [0, 0.1) is 12.8 Å². The normalized spacial score (nSPS) is 22.8. The van der Waals surface area contributed by atoms with Crippen molar-refractivity contribution in [3.8, 4) is 0 Å². The van der Waals surface area contributed by atoms with Gasteiger partial charge in [0.15, 0.2) is 0 Å². The number of hydrogen-bond donors (Lipinski definition) is 1. The Labute approximate surface area is 173 Å². The van der Waals surface area contributed by atoms with Gasteiger partial charge in [-0.2, -0.15) is 0 Å². The summed E-state index contributed by atoms with van der Waals surface area (Å²) in [4.78, 5) is 11.5. The molecule has 1 spiro atoms. The third-order valence-electron chi connectivity index (χ3n) is 6.46. The number of pyridine rings is 1. The molecule has 3 heterocycles. The lowest BCUT2D eigenvalue weighted by atomic mass is 9.78. The Morgan fingerprint density at radius 1 is 1.28 bits per heavy atom. The van der Waals surface area contributed by atoms with E-state index >= 15 is 0 Å². The van der Waals surface area contributed by atoms with Crippen LogP contribution in [-0.2, 0) is 12.0 Å². The Balaban J connectivity index is 0.000000994. The molecule has 2 atom stereocenters. The van der Waals surface area contributed by atoms with Gasteiger partial charge in [0.25, 0.3) is 0 Å². The highest BCUT2D eigenvalue weighted by Gasteiger charge is 2.49. The van der Waals surface area contributed by atoms with Gasteiger partial charge in [-0.3, -0.25) is 4.98 Å². The summed E-state index contributed by atoms with van der Waals surface area (Å²) in [7, 11) is 0. The van der Waals surface area contributed by atoms with Crippen LogP contribution in [0.1, 0.15) is 57.0 Å². The number of benzene rings is 1. The minimum Gasteiger partial charge on any atom is -0.337 e. The number of rotatable bonds is 2. The van der Waals surface area contributed by atoms with Crippen molar-refractivity contribution in [1.82, 2.24) is 14.6 Å². The molecule has 2 unspecified atom stereocenters. The summed E-state index contributed by atoms with van der Waals surface area (Å²) in [5.41, 5.74) is 6.80. The maximum atomic E-state index is 6.38. The second-order valence-electron chi connectivity index (χ2n) is 8.25. The van der Waals surface area contributed by atoms with Gasteiger partial charge in [-0.05, 0) is 61.4 Å². The molecule has 29 heavy (non-hydrogen) atoms. The smallest absolute Gasteiger partial charge is 0.148 e. The highest BCUT2D eigenvalue weighted by molar-refractivity contribution is 5.77. The minimum absolute atomic E-state index is 0.0414. The van der Waals surface area contributed by atoms with Crippen molar-refractivity contribution in [3.05, 3.63) is 65.9 Å². The third kappa shape index (κ3) is 2.91. The number of nitrogens with two attached hydrogens (primary N) is 1. The number of allylic oxidation sites excluding steroid dienone is 1. The van der Waals surface area contributed by atoms with Gasteiger partial charge in [-0.1, -0.05) is 33.4 Å². The average Bonchev–Trinajstić information content (AvgIpc) is 3.34. The first kappa shape index (κ1) is 19.5. The van der Waals surface area contributed by atoms with Gasteiger partial charge in [0.1, 0.15) is 5.82 Å². The fourth-order valence-corrected chi connectivity index (χ4v) is 5.06. The number of fused-ring (bicyclic) bond motifs is 3. The molecule has 1 aliphatic heterocycles. The van der Waals surface area contributed by atoms with Crippen LogP contribution in [0.3, 0.4) is 0 Å². The number of anilines is 1. The lowest BCUT2D eigenvalue weighted by molar-refractivity contribution is 0.500. The zero-order chi connectivity index (χ0) is 20.8. The molecular formula is C24H31N5. The quantitative estimate of drug-likeness (QED) is 0.622. The zero-order valence-corrected chi connectivity index (χ0v) is 17.9. The van der Waals surface area contributed by atoms with Gasteiger partial charge in [-0.15, -0.1) is 0 Å². The summed E-state index contributed by atoms with van der Waals surface area (Å²) in [6, 6.07) is 8.36. The van der Waals surface area contributed by atoms with E-state index in [0.29, 0.717) is 12.5 Å². The van der Waals surface area contributed by atoms with Crippen molar-refractivity contribution in [2.45, 2.75) is 58.9 Å². The number of aromatic nitrogens is 3. The van der Waals surface area contributed by atoms with E-state index < -0.39 is 0 Å². The molecule has 5 heteroatoms. The second-order valence-corrected chi connectivity index (χ2v) is 8.25. The van der Waals surface area contributed by atoms with Crippen molar-refractivity contribution in [2.75, 3.05) is 10.7 Å². The Hall–Kier alpha value is -2.82. The van der Waals surface area contributed by atoms with E-state index in [0.717, 1.165) is 41.1 Å². The second kappa shape index (κ2) is 7.21. The van der Waals surface area contributed by atoms with Crippen LogP contribution in [0.4, 0.5) is 5.69 Å². The van der Waals surface area contributed by atoms with Crippen LogP contribution in [0.25, 0.3) is 11.0 Å². The van der Waals surface area contributed by atoms with Crippen molar-refractivity contribution in [1.29, 1.82) is 0 Å². The largest absolute Gasteiger partial charge is 0.337 e. The zero-order valence-electron chi connectivity index (χ0n) is 17.9. The Bertz CT molecular complexity index is 1070. The maximum Gasteiger partial charge on any atom is 0.148 e. The summed E-state index contributed by atoms with van der Waals surface area (Å²) in [5, 5.41) is 0.